The summed E-state index contributed by atoms with van der Waals surface area (Å²) in [5, 5.41) is 3.29. The van der Waals surface area contributed by atoms with Crippen LogP contribution >= 0.6 is 0 Å². The van der Waals surface area contributed by atoms with E-state index in [9.17, 15) is 4.79 Å². The standard InChI is InChI=1S/C20H25N3O2/c1-3-18-6-4-5-11-23(18)20(24)15-12-17(14-21-13-15)22-16-7-9-19(25-2)10-8-16/h7-10,12-14,18,22H,3-6,11H2,1-2H3. The number of carbonyl (C=O) groups is 1. The van der Waals surface area contributed by atoms with E-state index in [2.05, 4.69) is 17.2 Å². The van der Waals surface area contributed by atoms with Crippen molar-refractivity contribution in [2.45, 2.75) is 38.6 Å². The largest absolute Gasteiger partial charge is 0.497 e. The quantitative estimate of drug-likeness (QED) is 0.885. The van der Waals surface area contributed by atoms with Gasteiger partial charge in [0.2, 0.25) is 0 Å². The Kier molecular flexibility index (Phi) is 5.53. The molecule has 0 bridgehead atoms. The summed E-state index contributed by atoms with van der Waals surface area (Å²) in [5.41, 5.74) is 2.37. The normalized spacial score (nSPS) is 17.2. The van der Waals surface area contributed by atoms with Crippen LogP contribution in [0.2, 0.25) is 0 Å². The molecule has 0 spiro atoms. The molecule has 1 aromatic heterocycles. The number of piperidine rings is 1. The minimum atomic E-state index is 0.0810. The minimum Gasteiger partial charge on any atom is -0.497 e. The zero-order valence-electron chi connectivity index (χ0n) is 14.9. The number of methoxy groups -OCH3 is 1. The molecule has 1 amide bonds. The van der Waals surface area contributed by atoms with Gasteiger partial charge in [0.15, 0.2) is 0 Å². The molecular formula is C20H25N3O2. The maximum atomic E-state index is 12.9. The molecule has 1 aromatic carbocycles. The summed E-state index contributed by atoms with van der Waals surface area (Å²) in [5.74, 6) is 0.890. The number of rotatable bonds is 5. The predicted molar refractivity (Wildman–Crippen MR) is 99.5 cm³/mol. The van der Waals surface area contributed by atoms with Crippen molar-refractivity contribution in [1.29, 1.82) is 0 Å². The number of carbonyl (C=O) groups excluding carboxylic acids is 1. The summed E-state index contributed by atoms with van der Waals surface area (Å²) < 4.78 is 5.17. The van der Waals surface area contributed by atoms with Crippen molar-refractivity contribution >= 4 is 17.3 Å². The molecule has 0 aliphatic carbocycles. The highest BCUT2D eigenvalue weighted by molar-refractivity contribution is 5.95. The van der Waals surface area contributed by atoms with Crippen molar-refractivity contribution in [2.24, 2.45) is 0 Å². The van der Waals surface area contributed by atoms with Gasteiger partial charge in [-0.2, -0.15) is 0 Å². The van der Waals surface area contributed by atoms with Crippen molar-refractivity contribution < 1.29 is 9.53 Å². The highest BCUT2D eigenvalue weighted by Crippen LogP contribution is 2.24. The summed E-state index contributed by atoms with van der Waals surface area (Å²) in [6.07, 6.45) is 7.78. The third kappa shape index (κ3) is 4.10. The zero-order valence-corrected chi connectivity index (χ0v) is 14.9. The second kappa shape index (κ2) is 8.01. The molecule has 132 valence electrons. The molecule has 1 saturated heterocycles. The van der Waals surface area contributed by atoms with E-state index in [0.717, 1.165) is 42.9 Å². The lowest BCUT2D eigenvalue weighted by atomic mass is 9.99. The Hall–Kier alpha value is -2.56. The average molecular weight is 339 g/mol. The lowest BCUT2D eigenvalue weighted by Gasteiger charge is -2.35. The van der Waals surface area contributed by atoms with Crippen LogP contribution in [-0.4, -0.2) is 35.5 Å². The van der Waals surface area contributed by atoms with Gasteiger partial charge in [0.25, 0.3) is 5.91 Å². The lowest BCUT2D eigenvalue weighted by Crippen LogP contribution is -2.43. The van der Waals surface area contributed by atoms with Crippen LogP contribution in [0.1, 0.15) is 43.0 Å². The van der Waals surface area contributed by atoms with Gasteiger partial charge in [-0.1, -0.05) is 6.92 Å². The van der Waals surface area contributed by atoms with Gasteiger partial charge in [0, 0.05) is 24.5 Å². The monoisotopic (exact) mass is 339 g/mol. The number of hydrogen-bond acceptors (Lipinski definition) is 4. The van der Waals surface area contributed by atoms with Crippen LogP contribution in [0, 0.1) is 0 Å². The number of anilines is 2. The Labute approximate surface area is 149 Å². The molecule has 5 nitrogen and oxygen atoms in total. The molecule has 3 rings (SSSR count). The molecular weight excluding hydrogens is 314 g/mol. The topological polar surface area (TPSA) is 54.5 Å². The van der Waals surface area contributed by atoms with E-state index >= 15 is 0 Å². The van der Waals surface area contributed by atoms with Gasteiger partial charge in [0.05, 0.1) is 24.6 Å². The van der Waals surface area contributed by atoms with Gasteiger partial charge in [0.1, 0.15) is 5.75 Å². The number of ether oxygens (including phenoxy) is 1. The highest BCUT2D eigenvalue weighted by atomic mass is 16.5. The van der Waals surface area contributed by atoms with Gasteiger partial charge in [-0.3, -0.25) is 9.78 Å². The summed E-state index contributed by atoms with van der Waals surface area (Å²) in [7, 11) is 1.64. The van der Waals surface area contributed by atoms with E-state index in [-0.39, 0.29) is 5.91 Å². The average Bonchev–Trinajstić information content (AvgIpc) is 2.68. The van der Waals surface area contributed by atoms with Crippen molar-refractivity contribution in [3.63, 3.8) is 0 Å². The Bertz CT molecular complexity index is 715. The first kappa shape index (κ1) is 17.3. The van der Waals surface area contributed by atoms with Crippen molar-refractivity contribution in [2.75, 3.05) is 19.0 Å². The van der Waals surface area contributed by atoms with Gasteiger partial charge in [-0.05, 0) is 56.0 Å². The first-order valence-electron chi connectivity index (χ1n) is 8.88. The summed E-state index contributed by atoms with van der Waals surface area (Å²) >= 11 is 0. The zero-order chi connectivity index (χ0) is 17.6. The number of aromatic nitrogens is 1. The van der Waals surface area contributed by atoms with E-state index in [1.165, 1.54) is 6.42 Å². The highest BCUT2D eigenvalue weighted by Gasteiger charge is 2.26. The molecule has 1 atom stereocenters. The van der Waals surface area contributed by atoms with Crippen LogP contribution in [0.4, 0.5) is 11.4 Å². The summed E-state index contributed by atoms with van der Waals surface area (Å²) in [6, 6.07) is 9.88. The van der Waals surface area contributed by atoms with Crippen molar-refractivity contribution in [1.82, 2.24) is 9.88 Å². The van der Waals surface area contributed by atoms with Crippen molar-refractivity contribution in [3.05, 3.63) is 48.3 Å². The maximum absolute atomic E-state index is 12.9. The van der Waals surface area contributed by atoms with Crippen molar-refractivity contribution in [3.8, 4) is 5.75 Å². The second-order valence-electron chi connectivity index (χ2n) is 6.37. The minimum absolute atomic E-state index is 0.0810. The van der Waals surface area contributed by atoms with Crippen LogP contribution in [0.5, 0.6) is 5.75 Å². The molecule has 2 heterocycles. The van der Waals surface area contributed by atoms with Gasteiger partial charge in [-0.25, -0.2) is 0 Å². The van der Waals surface area contributed by atoms with Crippen LogP contribution in [0.25, 0.3) is 0 Å². The van der Waals surface area contributed by atoms with Gasteiger partial charge < -0.3 is 15.0 Å². The fraction of sp³-hybridized carbons (Fsp3) is 0.400. The number of nitrogens with one attached hydrogen (secondary N) is 1. The number of pyridine rings is 1. The second-order valence-corrected chi connectivity index (χ2v) is 6.37. The molecule has 1 unspecified atom stereocenters. The van der Waals surface area contributed by atoms with Gasteiger partial charge >= 0.3 is 0 Å². The number of hydrogen-bond donors (Lipinski definition) is 1. The predicted octanol–water partition coefficient (Wildman–Crippen LogP) is 4.24. The number of benzene rings is 1. The molecule has 25 heavy (non-hydrogen) atoms. The molecule has 1 fully saturated rings. The van der Waals surface area contributed by atoms with E-state index in [4.69, 9.17) is 4.74 Å². The smallest absolute Gasteiger partial charge is 0.255 e. The van der Waals surface area contributed by atoms with E-state index in [1.54, 1.807) is 19.5 Å². The number of nitrogens with zero attached hydrogens (tertiary/aromatic N) is 2. The summed E-state index contributed by atoms with van der Waals surface area (Å²) in [6.45, 7) is 2.99. The Morgan fingerprint density at radius 2 is 2.04 bits per heavy atom. The molecule has 1 aliphatic rings. The fourth-order valence-corrected chi connectivity index (χ4v) is 3.32. The van der Waals surface area contributed by atoms with Crippen LogP contribution < -0.4 is 10.1 Å². The fourth-order valence-electron chi connectivity index (χ4n) is 3.32. The van der Waals surface area contributed by atoms with Crippen LogP contribution in [0.15, 0.2) is 42.7 Å². The molecule has 1 aliphatic heterocycles. The Morgan fingerprint density at radius 3 is 2.76 bits per heavy atom. The molecule has 0 saturated carbocycles. The SMILES string of the molecule is CCC1CCCCN1C(=O)c1cncc(Nc2ccc(OC)cc2)c1. The third-order valence-corrected chi connectivity index (χ3v) is 4.72. The van der Waals surface area contributed by atoms with E-state index in [0.29, 0.717) is 11.6 Å². The first-order valence-corrected chi connectivity index (χ1v) is 8.88. The third-order valence-electron chi connectivity index (χ3n) is 4.72. The molecule has 1 N–H and O–H groups in total. The van der Waals surface area contributed by atoms with Crippen LogP contribution in [0.3, 0.4) is 0 Å². The number of amides is 1. The molecule has 0 radical (unpaired) electrons. The Balaban J connectivity index is 1.74. The molecule has 2 aromatic rings. The van der Waals surface area contributed by atoms with E-state index in [1.807, 2.05) is 35.2 Å². The molecule has 5 heteroatoms. The first-order chi connectivity index (χ1) is 12.2. The van der Waals surface area contributed by atoms with Gasteiger partial charge in [-0.15, -0.1) is 0 Å². The lowest BCUT2D eigenvalue weighted by molar-refractivity contribution is 0.0607. The Morgan fingerprint density at radius 1 is 1.24 bits per heavy atom. The maximum Gasteiger partial charge on any atom is 0.255 e. The summed E-state index contributed by atoms with van der Waals surface area (Å²) in [4.78, 5) is 19.2. The van der Waals surface area contributed by atoms with Crippen LogP contribution in [-0.2, 0) is 0 Å². The van der Waals surface area contributed by atoms with E-state index < -0.39 is 0 Å². The number of likely N-dealkylation sites (tertiary alicyclic amines) is 1.